The molecular formula is C29H27FN4S. The summed E-state index contributed by atoms with van der Waals surface area (Å²) in [5.74, 6) is 0.661. The quantitative estimate of drug-likeness (QED) is 0.298. The Morgan fingerprint density at radius 1 is 0.800 bits per heavy atom. The second kappa shape index (κ2) is 10.2. The van der Waals surface area contributed by atoms with Gasteiger partial charge in [-0.1, -0.05) is 71.3 Å². The highest BCUT2D eigenvalue weighted by atomic mass is 32.2. The highest BCUT2D eigenvalue weighted by Gasteiger charge is 2.24. The second-order valence-corrected chi connectivity index (χ2v) is 10.3. The molecule has 0 radical (unpaired) electrons. The van der Waals surface area contributed by atoms with Crippen molar-refractivity contribution in [3.05, 3.63) is 131 Å². The van der Waals surface area contributed by atoms with E-state index in [1.807, 2.05) is 35.9 Å². The number of anilines is 1. The van der Waals surface area contributed by atoms with Gasteiger partial charge in [0.05, 0.1) is 4.86 Å². The third-order valence-corrected chi connectivity index (χ3v) is 7.92. The van der Waals surface area contributed by atoms with E-state index in [9.17, 15) is 4.39 Å². The lowest BCUT2D eigenvalue weighted by Gasteiger charge is -2.25. The Labute approximate surface area is 208 Å². The van der Waals surface area contributed by atoms with E-state index in [-0.39, 0.29) is 16.5 Å². The van der Waals surface area contributed by atoms with Crippen LogP contribution in [0.15, 0.2) is 108 Å². The van der Waals surface area contributed by atoms with Gasteiger partial charge in [-0.2, -0.15) is 5.10 Å². The molecule has 1 unspecified atom stereocenters. The van der Waals surface area contributed by atoms with Gasteiger partial charge in [-0.3, -0.25) is 0 Å². The van der Waals surface area contributed by atoms with Crippen molar-refractivity contribution < 1.29 is 4.39 Å². The number of hydrogen-bond acceptors (Lipinski definition) is 4. The van der Waals surface area contributed by atoms with E-state index in [1.54, 1.807) is 12.1 Å². The van der Waals surface area contributed by atoms with Crippen molar-refractivity contribution in [3.8, 4) is 0 Å². The maximum atomic E-state index is 13.6. The van der Waals surface area contributed by atoms with Gasteiger partial charge in [0, 0.05) is 31.9 Å². The average molecular weight is 483 g/mol. The summed E-state index contributed by atoms with van der Waals surface area (Å²) in [6.07, 6.45) is 4.04. The predicted molar refractivity (Wildman–Crippen MR) is 145 cm³/mol. The highest BCUT2D eigenvalue weighted by molar-refractivity contribution is 8.15. The number of rotatable bonds is 7. The minimum Gasteiger partial charge on any atom is -0.348 e. The Hall–Kier alpha value is -3.77. The van der Waals surface area contributed by atoms with Crippen LogP contribution in [-0.4, -0.2) is 33.3 Å². The maximum absolute atomic E-state index is 13.6. The molecule has 0 amide bonds. The van der Waals surface area contributed by atoms with Crippen LogP contribution in [0.4, 0.5) is 10.2 Å². The van der Waals surface area contributed by atoms with Gasteiger partial charge in [-0.05, 0) is 59.3 Å². The first-order valence-electron chi connectivity index (χ1n) is 11.5. The fourth-order valence-electron chi connectivity index (χ4n) is 4.18. The number of pyridine rings is 1. The lowest BCUT2D eigenvalue weighted by molar-refractivity contribution is 0.621. The van der Waals surface area contributed by atoms with Crippen LogP contribution in [0.1, 0.15) is 22.3 Å². The molecular weight excluding hydrogens is 455 g/mol. The van der Waals surface area contributed by atoms with Gasteiger partial charge in [0.25, 0.3) is 0 Å². The van der Waals surface area contributed by atoms with Crippen molar-refractivity contribution in [2.45, 2.75) is 13.1 Å². The van der Waals surface area contributed by atoms with Crippen LogP contribution in [-0.2, 0) is 13.1 Å². The predicted octanol–water partition coefficient (Wildman–Crippen LogP) is 6.11. The van der Waals surface area contributed by atoms with Crippen LogP contribution >= 0.6 is 10.7 Å². The zero-order chi connectivity index (χ0) is 24.2. The molecule has 4 nitrogen and oxygen atoms in total. The van der Waals surface area contributed by atoms with Gasteiger partial charge < -0.3 is 4.90 Å². The third-order valence-electron chi connectivity index (χ3n) is 6.03. The number of hydrazone groups is 1. The third kappa shape index (κ3) is 5.17. The lowest BCUT2D eigenvalue weighted by atomic mass is 10.0. The fraction of sp³-hybridized carbons (Fsp3) is 0.138. The zero-order valence-electron chi connectivity index (χ0n) is 19.8. The normalized spacial score (nSPS) is 15.3. The Morgan fingerprint density at radius 3 is 2.00 bits per heavy atom. The molecule has 1 aliphatic rings. The number of hydrogen-bond donors (Lipinski definition) is 0. The molecule has 0 bridgehead atoms. The summed E-state index contributed by atoms with van der Waals surface area (Å²) < 4.78 is 15.6. The van der Waals surface area contributed by atoms with Crippen LogP contribution in [0.2, 0.25) is 0 Å². The highest BCUT2D eigenvalue weighted by Crippen LogP contribution is 2.31. The molecule has 1 aliphatic heterocycles. The summed E-state index contributed by atoms with van der Waals surface area (Å²) in [7, 11) is 1.75. The van der Waals surface area contributed by atoms with Crippen LogP contribution in [0.5, 0.6) is 0 Å². The van der Waals surface area contributed by atoms with Gasteiger partial charge in [0.2, 0.25) is 0 Å². The maximum Gasteiger partial charge on any atom is 0.129 e. The van der Waals surface area contributed by atoms with Gasteiger partial charge in [-0.25, -0.2) is 13.8 Å². The molecule has 0 spiro atoms. The van der Waals surface area contributed by atoms with Crippen LogP contribution in [0, 0.1) is 5.82 Å². The Bertz CT molecular complexity index is 1330. The van der Waals surface area contributed by atoms with Gasteiger partial charge >= 0.3 is 0 Å². The molecule has 0 fully saturated rings. The molecule has 35 heavy (non-hydrogen) atoms. The lowest BCUT2D eigenvalue weighted by Crippen LogP contribution is -2.24. The smallest absolute Gasteiger partial charge is 0.129 e. The van der Waals surface area contributed by atoms with Crippen LogP contribution < -0.4 is 4.90 Å². The van der Waals surface area contributed by atoms with E-state index in [1.165, 1.54) is 23.3 Å². The number of aromatic nitrogens is 1. The van der Waals surface area contributed by atoms with E-state index in [2.05, 4.69) is 65.8 Å². The Morgan fingerprint density at radius 2 is 1.40 bits per heavy atom. The second-order valence-electron chi connectivity index (χ2n) is 8.46. The average Bonchev–Trinajstić information content (AvgIpc) is 3.19. The molecule has 0 saturated heterocycles. The van der Waals surface area contributed by atoms with Gasteiger partial charge in [0.1, 0.15) is 17.3 Å². The van der Waals surface area contributed by atoms with E-state index in [0.29, 0.717) is 0 Å². The summed E-state index contributed by atoms with van der Waals surface area (Å²) in [6.45, 7) is 1.50. The van der Waals surface area contributed by atoms with Gasteiger partial charge in [0.15, 0.2) is 0 Å². The molecule has 5 rings (SSSR count). The summed E-state index contributed by atoms with van der Waals surface area (Å²) in [4.78, 5) is 8.21. The van der Waals surface area contributed by atoms with E-state index < -0.39 is 0 Å². The Kier molecular flexibility index (Phi) is 6.73. The minimum absolute atomic E-state index is 0.233. The van der Waals surface area contributed by atoms with Crippen molar-refractivity contribution in [1.82, 2.24) is 9.40 Å². The summed E-state index contributed by atoms with van der Waals surface area (Å²) in [5, 5.41) is 4.81. The SMILES string of the molecule is CN1N=C(c2ccc(F)cc2)C(c2ccnc(N(Cc3ccccc3)Cc3ccccc3)c2)=S1C. The molecule has 1 atom stereocenters. The van der Waals surface area contributed by atoms with Crippen LogP contribution in [0.3, 0.4) is 0 Å². The summed E-state index contributed by atoms with van der Waals surface area (Å²) in [6, 6.07) is 31.7. The molecule has 0 N–H and O–H groups in total. The molecule has 0 aliphatic carbocycles. The first-order chi connectivity index (χ1) is 17.1. The zero-order valence-corrected chi connectivity index (χ0v) is 20.6. The van der Waals surface area contributed by atoms with Crippen molar-refractivity contribution in [3.63, 3.8) is 0 Å². The minimum atomic E-state index is -0.249. The summed E-state index contributed by atoms with van der Waals surface area (Å²) in [5.41, 5.74) is 5.34. The fourth-order valence-corrected chi connectivity index (χ4v) is 5.56. The summed E-state index contributed by atoms with van der Waals surface area (Å²) >= 11 is 0. The van der Waals surface area contributed by atoms with Gasteiger partial charge in [-0.15, -0.1) is 0 Å². The molecule has 176 valence electrons. The van der Waals surface area contributed by atoms with E-state index in [0.717, 1.165) is 40.6 Å². The standard InChI is InChI=1S/C29H27FN4S/c1-33-32-28(24-13-15-26(30)16-14-24)29(35(33)2)25-17-18-31-27(19-25)34(20-22-9-5-3-6-10-22)21-23-11-7-4-8-12-23/h3-19H,20-21H2,1-2H3. The first kappa shape index (κ1) is 23.0. The molecule has 2 heterocycles. The molecule has 0 saturated carbocycles. The van der Waals surface area contributed by atoms with Crippen molar-refractivity contribution in [2.75, 3.05) is 18.2 Å². The topological polar surface area (TPSA) is 31.7 Å². The van der Waals surface area contributed by atoms with E-state index in [4.69, 9.17) is 10.1 Å². The number of benzene rings is 3. The van der Waals surface area contributed by atoms with Crippen molar-refractivity contribution in [1.29, 1.82) is 0 Å². The number of halogens is 1. The first-order valence-corrected chi connectivity index (χ1v) is 13.1. The molecule has 6 heteroatoms. The number of nitrogens with zero attached hydrogens (tertiary/aromatic N) is 4. The van der Waals surface area contributed by atoms with Crippen molar-refractivity contribution >= 4 is 27.1 Å². The van der Waals surface area contributed by atoms with Crippen molar-refractivity contribution in [2.24, 2.45) is 5.10 Å². The molecule has 1 aromatic heterocycles. The van der Waals surface area contributed by atoms with E-state index >= 15 is 0 Å². The molecule has 4 aromatic rings. The largest absolute Gasteiger partial charge is 0.348 e. The van der Waals surface area contributed by atoms with Crippen LogP contribution in [0.25, 0.3) is 0 Å². The monoisotopic (exact) mass is 482 g/mol. The Balaban J connectivity index is 1.53. The molecule has 3 aromatic carbocycles.